The molecule has 0 aliphatic heterocycles. The van der Waals surface area contributed by atoms with E-state index in [0.29, 0.717) is 0 Å². The summed E-state index contributed by atoms with van der Waals surface area (Å²) in [5.74, 6) is 0.460. The van der Waals surface area contributed by atoms with Gasteiger partial charge in [0.05, 0.1) is 19.6 Å². The standard InChI is InChI=1S/C14H20O3/c1-6-10-7-8-12(16-4)11(9-10)14(2,3)13(15)17-5/h7-9H,6H2,1-5H3. The van der Waals surface area contributed by atoms with Gasteiger partial charge in [0.15, 0.2) is 0 Å². The summed E-state index contributed by atoms with van der Waals surface area (Å²) in [4.78, 5) is 11.8. The van der Waals surface area contributed by atoms with E-state index in [2.05, 4.69) is 6.92 Å². The number of rotatable bonds is 4. The van der Waals surface area contributed by atoms with Crippen LogP contribution in [0.5, 0.6) is 5.75 Å². The zero-order valence-corrected chi connectivity index (χ0v) is 11.2. The quantitative estimate of drug-likeness (QED) is 0.754. The summed E-state index contributed by atoms with van der Waals surface area (Å²) < 4.78 is 10.2. The molecule has 0 spiro atoms. The first-order chi connectivity index (χ1) is 7.97. The first-order valence-corrected chi connectivity index (χ1v) is 5.73. The number of carbonyl (C=O) groups excluding carboxylic acids is 1. The van der Waals surface area contributed by atoms with Crippen molar-refractivity contribution in [2.24, 2.45) is 0 Å². The third-order valence-corrected chi connectivity index (χ3v) is 3.04. The molecule has 0 saturated carbocycles. The molecule has 0 atom stereocenters. The summed E-state index contributed by atoms with van der Waals surface area (Å²) >= 11 is 0. The number of ether oxygens (including phenoxy) is 2. The van der Waals surface area contributed by atoms with Crippen LogP contribution in [-0.4, -0.2) is 20.2 Å². The third-order valence-electron chi connectivity index (χ3n) is 3.04. The van der Waals surface area contributed by atoms with E-state index in [-0.39, 0.29) is 5.97 Å². The summed E-state index contributed by atoms with van der Waals surface area (Å²) in [5, 5.41) is 0. The molecule has 3 nitrogen and oxygen atoms in total. The number of benzene rings is 1. The van der Waals surface area contributed by atoms with E-state index >= 15 is 0 Å². The summed E-state index contributed by atoms with van der Waals surface area (Å²) in [7, 11) is 3.01. The van der Waals surface area contributed by atoms with Gasteiger partial charge in [-0.05, 0) is 31.9 Å². The highest BCUT2D eigenvalue weighted by Gasteiger charge is 2.33. The molecule has 0 aromatic heterocycles. The minimum absolute atomic E-state index is 0.260. The van der Waals surface area contributed by atoms with Gasteiger partial charge in [0.2, 0.25) is 0 Å². The number of aryl methyl sites for hydroxylation is 1. The van der Waals surface area contributed by atoms with Gasteiger partial charge < -0.3 is 9.47 Å². The van der Waals surface area contributed by atoms with Crippen molar-refractivity contribution in [2.45, 2.75) is 32.6 Å². The van der Waals surface area contributed by atoms with E-state index in [1.165, 1.54) is 12.7 Å². The molecule has 1 aromatic rings. The van der Waals surface area contributed by atoms with Gasteiger partial charge in [-0.3, -0.25) is 4.79 Å². The Hall–Kier alpha value is -1.51. The van der Waals surface area contributed by atoms with E-state index in [1.54, 1.807) is 7.11 Å². The molecular weight excluding hydrogens is 216 g/mol. The van der Waals surface area contributed by atoms with Gasteiger partial charge in [-0.1, -0.05) is 19.1 Å². The second-order valence-electron chi connectivity index (χ2n) is 4.50. The highest BCUT2D eigenvalue weighted by Crippen LogP contribution is 2.33. The number of esters is 1. The summed E-state index contributed by atoms with van der Waals surface area (Å²) in [6, 6.07) is 5.92. The molecular formula is C14H20O3. The summed E-state index contributed by atoms with van der Waals surface area (Å²) in [5.41, 5.74) is 1.34. The number of hydrogen-bond acceptors (Lipinski definition) is 3. The maximum absolute atomic E-state index is 11.8. The summed E-state index contributed by atoms with van der Waals surface area (Å²) in [6.45, 7) is 5.77. The molecule has 0 N–H and O–H groups in total. The molecule has 3 heteroatoms. The Bertz CT molecular complexity index is 408. The number of methoxy groups -OCH3 is 2. The zero-order valence-electron chi connectivity index (χ0n) is 11.2. The lowest BCUT2D eigenvalue weighted by molar-refractivity contribution is -0.146. The van der Waals surface area contributed by atoms with Crippen LogP contribution < -0.4 is 4.74 Å². The van der Waals surface area contributed by atoms with Crippen molar-refractivity contribution in [3.05, 3.63) is 29.3 Å². The van der Waals surface area contributed by atoms with Gasteiger partial charge in [0.1, 0.15) is 5.75 Å². The van der Waals surface area contributed by atoms with Crippen molar-refractivity contribution in [1.82, 2.24) is 0 Å². The smallest absolute Gasteiger partial charge is 0.315 e. The SMILES string of the molecule is CCc1ccc(OC)c(C(C)(C)C(=O)OC)c1. The molecule has 1 rings (SSSR count). The lowest BCUT2D eigenvalue weighted by Gasteiger charge is -2.24. The largest absolute Gasteiger partial charge is 0.496 e. The van der Waals surface area contributed by atoms with Crippen molar-refractivity contribution in [3.8, 4) is 5.75 Å². The third kappa shape index (κ3) is 2.60. The monoisotopic (exact) mass is 236 g/mol. The first-order valence-electron chi connectivity index (χ1n) is 5.73. The van der Waals surface area contributed by atoms with Crippen LogP contribution in [0.15, 0.2) is 18.2 Å². The van der Waals surface area contributed by atoms with Crippen LogP contribution in [0.1, 0.15) is 31.9 Å². The Kier molecular flexibility index (Phi) is 4.16. The number of hydrogen-bond donors (Lipinski definition) is 0. The predicted octanol–water partition coefficient (Wildman–Crippen LogP) is 2.71. The van der Waals surface area contributed by atoms with E-state index < -0.39 is 5.41 Å². The molecule has 17 heavy (non-hydrogen) atoms. The fraction of sp³-hybridized carbons (Fsp3) is 0.500. The van der Waals surface area contributed by atoms with E-state index in [4.69, 9.17) is 9.47 Å². The van der Waals surface area contributed by atoms with Crippen molar-refractivity contribution in [3.63, 3.8) is 0 Å². The van der Waals surface area contributed by atoms with Gasteiger partial charge in [-0.2, -0.15) is 0 Å². The average Bonchev–Trinajstić information content (AvgIpc) is 2.36. The lowest BCUT2D eigenvalue weighted by Crippen LogP contribution is -2.30. The molecule has 94 valence electrons. The fourth-order valence-corrected chi connectivity index (χ4v) is 1.83. The topological polar surface area (TPSA) is 35.5 Å². The minimum Gasteiger partial charge on any atom is -0.496 e. The first kappa shape index (κ1) is 13.6. The van der Waals surface area contributed by atoms with E-state index in [9.17, 15) is 4.79 Å². The lowest BCUT2D eigenvalue weighted by atomic mass is 9.83. The Morgan fingerprint density at radius 2 is 1.94 bits per heavy atom. The maximum atomic E-state index is 11.8. The molecule has 0 fully saturated rings. The second-order valence-corrected chi connectivity index (χ2v) is 4.50. The highest BCUT2D eigenvalue weighted by atomic mass is 16.5. The fourth-order valence-electron chi connectivity index (χ4n) is 1.83. The Morgan fingerprint density at radius 3 is 2.41 bits per heavy atom. The maximum Gasteiger partial charge on any atom is 0.315 e. The molecule has 0 amide bonds. The van der Waals surface area contributed by atoms with Crippen molar-refractivity contribution >= 4 is 5.97 Å². The Morgan fingerprint density at radius 1 is 1.29 bits per heavy atom. The van der Waals surface area contributed by atoms with Crippen molar-refractivity contribution < 1.29 is 14.3 Å². The van der Waals surface area contributed by atoms with E-state index in [1.807, 2.05) is 32.0 Å². The van der Waals surface area contributed by atoms with Crippen LogP contribution in [0.2, 0.25) is 0 Å². The van der Waals surface area contributed by atoms with Crippen LogP contribution in [0.4, 0.5) is 0 Å². The van der Waals surface area contributed by atoms with E-state index in [0.717, 1.165) is 17.7 Å². The van der Waals surface area contributed by atoms with Crippen LogP contribution in [0.3, 0.4) is 0 Å². The highest BCUT2D eigenvalue weighted by molar-refractivity contribution is 5.83. The summed E-state index contributed by atoms with van der Waals surface area (Å²) in [6.07, 6.45) is 0.925. The minimum atomic E-state index is -0.703. The molecule has 0 bridgehead atoms. The zero-order chi connectivity index (χ0) is 13.1. The van der Waals surface area contributed by atoms with Gasteiger partial charge in [0, 0.05) is 5.56 Å². The average molecular weight is 236 g/mol. The van der Waals surface area contributed by atoms with Gasteiger partial charge in [0.25, 0.3) is 0 Å². The number of carbonyl (C=O) groups is 1. The predicted molar refractivity (Wildman–Crippen MR) is 67.4 cm³/mol. The molecule has 0 radical (unpaired) electrons. The normalized spacial score (nSPS) is 11.1. The van der Waals surface area contributed by atoms with Crippen LogP contribution in [0, 0.1) is 0 Å². The van der Waals surface area contributed by atoms with Gasteiger partial charge >= 0.3 is 5.97 Å². The van der Waals surface area contributed by atoms with Gasteiger partial charge in [-0.25, -0.2) is 0 Å². The van der Waals surface area contributed by atoms with Crippen LogP contribution >= 0.6 is 0 Å². The van der Waals surface area contributed by atoms with Gasteiger partial charge in [-0.15, -0.1) is 0 Å². The molecule has 0 heterocycles. The Balaban J connectivity index is 3.31. The second kappa shape index (κ2) is 5.21. The van der Waals surface area contributed by atoms with Crippen LogP contribution in [0.25, 0.3) is 0 Å². The molecule has 1 aromatic carbocycles. The van der Waals surface area contributed by atoms with Crippen LogP contribution in [-0.2, 0) is 21.4 Å². The van der Waals surface area contributed by atoms with Crippen molar-refractivity contribution in [1.29, 1.82) is 0 Å². The molecule has 0 aliphatic carbocycles. The molecule has 0 aliphatic rings. The van der Waals surface area contributed by atoms with Crippen molar-refractivity contribution in [2.75, 3.05) is 14.2 Å². The molecule has 0 saturated heterocycles. The Labute approximate surface area is 103 Å². The molecule has 0 unspecified atom stereocenters.